The summed E-state index contributed by atoms with van der Waals surface area (Å²) in [6, 6.07) is 1.98. The number of aromatic nitrogens is 1. The monoisotopic (exact) mass is 223 g/mol. The maximum atomic E-state index is 12.2. The zero-order chi connectivity index (χ0) is 11.7. The van der Waals surface area contributed by atoms with Gasteiger partial charge in [-0.15, -0.1) is 0 Å². The van der Waals surface area contributed by atoms with Crippen molar-refractivity contribution in [1.82, 2.24) is 9.47 Å². The van der Waals surface area contributed by atoms with E-state index in [1.807, 2.05) is 0 Å². The van der Waals surface area contributed by atoms with Gasteiger partial charge in [0.15, 0.2) is 0 Å². The van der Waals surface area contributed by atoms with Crippen LogP contribution in [-0.4, -0.2) is 39.7 Å². The van der Waals surface area contributed by atoms with Gasteiger partial charge in [0.05, 0.1) is 12.3 Å². The van der Waals surface area contributed by atoms with Crippen LogP contribution in [0.3, 0.4) is 0 Å². The number of nitrogens with two attached hydrogens (primary N) is 1. The Kier molecular flexibility index (Phi) is 2.87. The fraction of sp³-hybridized carbons (Fsp3) is 0.545. The van der Waals surface area contributed by atoms with E-state index in [2.05, 4.69) is 0 Å². The van der Waals surface area contributed by atoms with Gasteiger partial charge in [0.2, 0.25) is 0 Å². The van der Waals surface area contributed by atoms with Crippen molar-refractivity contribution < 1.29 is 9.90 Å². The van der Waals surface area contributed by atoms with Crippen molar-refractivity contribution in [2.24, 2.45) is 7.05 Å². The Hall–Kier alpha value is -1.49. The molecule has 0 radical (unpaired) electrons. The molecule has 1 aliphatic carbocycles. The lowest BCUT2D eigenvalue weighted by Gasteiger charge is -2.21. The number of amides is 1. The Balaban J connectivity index is 2.18. The van der Waals surface area contributed by atoms with Crippen molar-refractivity contribution >= 4 is 11.6 Å². The highest BCUT2D eigenvalue weighted by molar-refractivity contribution is 5.94. The smallest absolute Gasteiger partial charge is 0.270 e. The van der Waals surface area contributed by atoms with E-state index in [4.69, 9.17) is 10.8 Å². The van der Waals surface area contributed by atoms with Crippen LogP contribution in [0.1, 0.15) is 23.3 Å². The summed E-state index contributed by atoms with van der Waals surface area (Å²) >= 11 is 0. The third kappa shape index (κ3) is 2.04. The minimum Gasteiger partial charge on any atom is -0.397 e. The fourth-order valence-electron chi connectivity index (χ4n) is 1.89. The minimum absolute atomic E-state index is 0.00213. The molecule has 1 heterocycles. The van der Waals surface area contributed by atoms with Crippen LogP contribution in [0.5, 0.6) is 0 Å². The van der Waals surface area contributed by atoms with Crippen LogP contribution in [0, 0.1) is 0 Å². The Morgan fingerprint density at radius 2 is 2.38 bits per heavy atom. The van der Waals surface area contributed by atoms with E-state index in [1.54, 1.807) is 28.8 Å². The lowest BCUT2D eigenvalue weighted by atomic mass is 10.3. The first-order valence-corrected chi connectivity index (χ1v) is 5.47. The lowest BCUT2D eigenvalue weighted by Crippen LogP contribution is -2.36. The van der Waals surface area contributed by atoms with Crippen LogP contribution < -0.4 is 5.73 Å². The number of nitrogen functional groups attached to an aromatic ring is 1. The molecule has 0 aromatic carbocycles. The molecule has 5 nitrogen and oxygen atoms in total. The quantitative estimate of drug-likeness (QED) is 0.766. The molecule has 1 saturated carbocycles. The first-order valence-electron chi connectivity index (χ1n) is 5.47. The number of aliphatic hydroxyl groups excluding tert-OH is 1. The molecule has 1 amide bonds. The molecule has 0 atom stereocenters. The average molecular weight is 223 g/mol. The number of anilines is 1. The molecule has 1 aromatic rings. The van der Waals surface area contributed by atoms with Crippen molar-refractivity contribution in [2.75, 3.05) is 18.9 Å². The molecular weight excluding hydrogens is 206 g/mol. The summed E-state index contributed by atoms with van der Waals surface area (Å²) in [6.07, 6.45) is 3.79. The maximum Gasteiger partial charge on any atom is 0.270 e. The van der Waals surface area contributed by atoms with E-state index in [1.165, 1.54) is 0 Å². The summed E-state index contributed by atoms with van der Waals surface area (Å²) in [7, 11) is 1.80. The number of carbonyl (C=O) groups is 1. The molecule has 1 fully saturated rings. The van der Waals surface area contributed by atoms with Gasteiger partial charge in [-0.1, -0.05) is 0 Å². The van der Waals surface area contributed by atoms with Gasteiger partial charge in [-0.3, -0.25) is 4.79 Å². The van der Waals surface area contributed by atoms with Crippen LogP contribution in [-0.2, 0) is 7.05 Å². The zero-order valence-corrected chi connectivity index (χ0v) is 9.39. The van der Waals surface area contributed by atoms with Crippen LogP contribution in [0.2, 0.25) is 0 Å². The van der Waals surface area contributed by atoms with Gasteiger partial charge in [-0.05, 0) is 18.9 Å². The molecule has 0 spiro atoms. The third-order valence-electron chi connectivity index (χ3n) is 2.83. The van der Waals surface area contributed by atoms with Crippen molar-refractivity contribution in [3.8, 4) is 0 Å². The summed E-state index contributed by atoms with van der Waals surface area (Å²) in [4.78, 5) is 13.9. The molecule has 0 aliphatic heterocycles. The highest BCUT2D eigenvalue weighted by Gasteiger charge is 2.33. The lowest BCUT2D eigenvalue weighted by molar-refractivity contribution is 0.0698. The highest BCUT2D eigenvalue weighted by Crippen LogP contribution is 2.28. The number of aryl methyl sites for hydroxylation is 1. The summed E-state index contributed by atoms with van der Waals surface area (Å²) in [5, 5.41) is 8.96. The van der Waals surface area contributed by atoms with E-state index in [-0.39, 0.29) is 12.5 Å². The number of carbonyl (C=O) groups excluding carboxylic acids is 1. The van der Waals surface area contributed by atoms with Crippen LogP contribution in [0.4, 0.5) is 5.69 Å². The molecule has 88 valence electrons. The number of aliphatic hydroxyl groups is 1. The van der Waals surface area contributed by atoms with Gasteiger partial charge in [0.25, 0.3) is 5.91 Å². The summed E-state index contributed by atoms with van der Waals surface area (Å²) in [5.41, 5.74) is 6.81. The predicted molar refractivity (Wildman–Crippen MR) is 61.0 cm³/mol. The first-order chi connectivity index (χ1) is 7.63. The normalized spacial score (nSPS) is 15.1. The third-order valence-corrected chi connectivity index (χ3v) is 2.83. The zero-order valence-electron chi connectivity index (χ0n) is 9.39. The molecule has 0 bridgehead atoms. The standard InChI is InChI=1S/C11H17N3O2/c1-13-7-8(12)6-10(13)11(16)14(4-5-15)9-2-3-9/h6-7,9,15H,2-5,12H2,1H3. The topological polar surface area (TPSA) is 71.5 Å². The number of hydrogen-bond acceptors (Lipinski definition) is 3. The second-order valence-electron chi connectivity index (χ2n) is 4.22. The fourth-order valence-corrected chi connectivity index (χ4v) is 1.89. The minimum atomic E-state index is -0.0456. The molecule has 2 rings (SSSR count). The molecule has 0 unspecified atom stereocenters. The molecule has 1 aromatic heterocycles. The summed E-state index contributed by atoms with van der Waals surface area (Å²) in [6.45, 7) is 0.400. The molecule has 0 saturated heterocycles. The molecule has 5 heteroatoms. The number of rotatable bonds is 4. The van der Waals surface area contributed by atoms with Crippen LogP contribution >= 0.6 is 0 Å². The molecule has 1 aliphatic rings. The molecule has 16 heavy (non-hydrogen) atoms. The van der Waals surface area contributed by atoms with E-state index in [0.29, 0.717) is 24.0 Å². The Morgan fingerprint density at radius 3 is 2.81 bits per heavy atom. The maximum absolute atomic E-state index is 12.2. The second-order valence-corrected chi connectivity index (χ2v) is 4.22. The summed E-state index contributed by atoms with van der Waals surface area (Å²) in [5.74, 6) is -0.0456. The van der Waals surface area contributed by atoms with E-state index in [9.17, 15) is 4.79 Å². The van der Waals surface area contributed by atoms with Gasteiger partial charge in [-0.2, -0.15) is 0 Å². The van der Waals surface area contributed by atoms with Gasteiger partial charge in [0, 0.05) is 25.8 Å². The van der Waals surface area contributed by atoms with Gasteiger partial charge >= 0.3 is 0 Å². The number of hydrogen-bond donors (Lipinski definition) is 2. The first kappa shape index (κ1) is 11.0. The Bertz CT molecular complexity index is 396. The van der Waals surface area contributed by atoms with Crippen molar-refractivity contribution in [3.63, 3.8) is 0 Å². The van der Waals surface area contributed by atoms with Crippen LogP contribution in [0.15, 0.2) is 12.3 Å². The van der Waals surface area contributed by atoms with E-state index >= 15 is 0 Å². The van der Waals surface area contributed by atoms with Crippen molar-refractivity contribution in [3.05, 3.63) is 18.0 Å². The largest absolute Gasteiger partial charge is 0.397 e. The van der Waals surface area contributed by atoms with Crippen molar-refractivity contribution in [2.45, 2.75) is 18.9 Å². The highest BCUT2D eigenvalue weighted by atomic mass is 16.3. The molecular formula is C11H17N3O2. The van der Waals surface area contributed by atoms with Crippen LogP contribution in [0.25, 0.3) is 0 Å². The van der Waals surface area contributed by atoms with Gasteiger partial charge in [0.1, 0.15) is 5.69 Å². The SMILES string of the molecule is Cn1cc(N)cc1C(=O)N(CCO)C1CC1. The summed E-state index contributed by atoms with van der Waals surface area (Å²) < 4.78 is 1.73. The number of nitrogens with zero attached hydrogens (tertiary/aromatic N) is 2. The van der Waals surface area contributed by atoms with Crippen molar-refractivity contribution in [1.29, 1.82) is 0 Å². The Labute approximate surface area is 94.5 Å². The van der Waals surface area contributed by atoms with E-state index in [0.717, 1.165) is 12.8 Å². The van der Waals surface area contributed by atoms with Gasteiger partial charge in [-0.25, -0.2) is 0 Å². The average Bonchev–Trinajstić information content (AvgIpc) is 3.00. The van der Waals surface area contributed by atoms with E-state index < -0.39 is 0 Å². The predicted octanol–water partition coefficient (Wildman–Crippen LogP) is 0.204. The Morgan fingerprint density at radius 1 is 1.69 bits per heavy atom. The molecule has 3 N–H and O–H groups in total. The van der Waals surface area contributed by atoms with Gasteiger partial charge < -0.3 is 20.3 Å². The second kappa shape index (κ2) is 4.17.